The molecule has 0 radical (unpaired) electrons. The molecule has 1 amide bonds. The van der Waals surface area contributed by atoms with Gasteiger partial charge in [-0.05, 0) is 31.5 Å². The van der Waals surface area contributed by atoms with Crippen LogP contribution in [0.25, 0.3) is 0 Å². The van der Waals surface area contributed by atoms with Crippen LogP contribution in [0.1, 0.15) is 22.8 Å². The van der Waals surface area contributed by atoms with Gasteiger partial charge in [0, 0.05) is 22.8 Å². The van der Waals surface area contributed by atoms with Crippen molar-refractivity contribution in [2.45, 2.75) is 19.9 Å². The number of rotatable bonds is 3. The Bertz CT molecular complexity index is 435. The molecule has 0 aliphatic rings. The first kappa shape index (κ1) is 14.0. The van der Waals surface area contributed by atoms with Crippen molar-refractivity contribution in [1.29, 1.82) is 0 Å². The van der Waals surface area contributed by atoms with Gasteiger partial charge in [0.05, 0.1) is 12.6 Å². The molecule has 1 unspecified atom stereocenters. The maximum absolute atomic E-state index is 12.2. The van der Waals surface area contributed by atoms with E-state index < -0.39 is 0 Å². The standard InChI is InChI=1S/C12H17BrN2O2/c1-7(6-16)15(3)12(17)10-4-9(13)5-11(14)8(10)2/h4-5,7,16H,6,14H2,1-3H3. The Morgan fingerprint density at radius 2 is 2.18 bits per heavy atom. The van der Waals surface area contributed by atoms with E-state index >= 15 is 0 Å². The van der Waals surface area contributed by atoms with E-state index in [9.17, 15) is 4.79 Å². The first-order valence-electron chi connectivity index (χ1n) is 5.32. The van der Waals surface area contributed by atoms with Gasteiger partial charge in [0.25, 0.3) is 5.91 Å². The summed E-state index contributed by atoms with van der Waals surface area (Å²) in [4.78, 5) is 13.7. The zero-order valence-electron chi connectivity index (χ0n) is 10.2. The Kier molecular flexibility index (Phi) is 4.54. The fourth-order valence-corrected chi connectivity index (χ4v) is 1.91. The number of aliphatic hydroxyl groups is 1. The fourth-order valence-electron chi connectivity index (χ4n) is 1.43. The van der Waals surface area contributed by atoms with Crippen molar-refractivity contribution >= 4 is 27.5 Å². The van der Waals surface area contributed by atoms with Crippen LogP contribution in [0.5, 0.6) is 0 Å². The molecule has 0 aliphatic carbocycles. The average molecular weight is 301 g/mol. The van der Waals surface area contributed by atoms with E-state index in [2.05, 4.69) is 15.9 Å². The number of likely N-dealkylation sites (N-methyl/N-ethyl adjacent to an activating group) is 1. The molecule has 1 rings (SSSR count). The number of amides is 1. The Labute approximate surface area is 110 Å². The molecular formula is C12H17BrN2O2. The van der Waals surface area contributed by atoms with E-state index in [1.807, 2.05) is 6.92 Å². The van der Waals surface area contributed by atoms with Crippen molar-refractivity contribution in [3.05, 3.63) is 27.7 Å². The lowest BCUT2D eigenvalue weighted by atomic mass is 10.1. The van der Waals surface area contributed by atoms with E-state index in [0.717, 1.165) is 10.0 Å². The van der Waals surface area contributed by atoms with Crippen molar-refractivity contribution in [1.82, 2.24) is 4.90 Å². The minimum atomic E-state index is -0.220. The number of hydrogen-bond donors (Lipinski definition) is 2. The molecule has 3 N–H and O–H groups in total. The first-order valence-corrected chi connectivity index (χ1v) is 6.11. The van der Waals surface area contributed by atoms with E-state index in [4.69, 9.17) is 10.8 Å². The first-order chi connectivity index (χ1) is 7.88. The summed E-state index contributed by atoms with van der Waals surface area (Å²) < 4.78 is 0.772. The summed E-state index contributed by atoms with van der Waals surface area (Å²) in [6.45, 7) is 3.53. The zero-order valence-corrected chi connectivity index (χ0v) is 11.8. The van der Waals surface area contributed by atoms with Crippen LogP contribution in [-0.2, 0) is 0 Å². The van der Waals surface area contributed by atoms with Crippen LogP contribution >= 0.6 is 15.9 Å². The van der Waals surface area contributed by atoms with Gasteiger partial charge in [0.15, 0.2) is 0 Å². The Morgan fingerprint density at radius 3 is 2.71 bits per heavy atom. The van der Waals surface area contributed by atoms with Crippen LogP contribution in [0.3, 0.4) is 0 Å². The largest absolute Gasteiger partial charge is 0.398 e. The molecular weight excluding hydrogens is 284 g/mol. The van der Waals surface area contributed by atoms with Gasteiger partial charge in [0.1, 0.15) is 0 Å². The number of nitrogen functional groups attached to an aromatic ring is 1. The van der Waals surface area contributed by atoms with E-state index in [0.29, 0.717) is 11.3 Å². The third kappa shape index (κ3) is 2.98. The van der Waals surface area contributed by atoms with E-state index in [1.54, 1.807) is 26.1 Å². The van der Waals surface area contributed by atoms with Crippen molar-refractivity contribution in [3.63, 3.8) is 0 Å². The third-order valence-corrected chi connectivity index (χ3v) is 3.35. The molecule has 94 valence electrons. The number of benzene rings is 1. The van der Waals surface area contributed by atoms with Gasteiger partial charge in [-0.2, -0.15) is 0 Å². The summed E-state index contributed by atoms with van der Waals surface area (Å²) in [5, 5.41) is 9.05. The minimum absolute atomic E-state index is 0.0647. The molecule has 0 fully saturated rings. The topological polar surface area (TPSA) is 66.6 Å². The average Bonchev–Trinajstić information content (AvgIpc) is 2.30. The molecule has 0 saturated heterocycles. The molecule has 0 aromatic heterocycles. The number of nitrogens with zero attached hydrogens (tertiary/aromatic N) is 1. The molecule has 1 aromatic rings. The zero-order chi connectivity index (χ0) is 13.2. The second-order valence-corrected chi connectivity index (χ2v) is 5.03. The highest BCUT2D eigenvalue weighted by molar-refractivity contribution is 9.10. The second-order valence-electron chi connectivity index (χ2n) is 4.12. The maximum atomic E-state index is 12.2. The lowest BCUT2D eigenvalue weighted by Crippen LogP contribution is -2.37. The van der Waals surface area contributed by atoms with Crippen molar-refractivity contribution in [2.24, 2.45) is 0 Å². The molecule has 1 aromatic carbocycles. The molecule has 0 aliphatic heterocycles. The maximum Gasteiger partial charge on any atom is 0.254 e. The summed E-state index contributed by atoms with van der Waals surface area (Å²) in [5.41, 5.74) is 7.71. The number of aliphatic hydroxyl groups excluding tert-OH is 1. The number of halogens is 1. The van der Waals surface area contributed by atoms with Gasteiger partial charge >= 0.3 is 0 Å². The molecule has 0 bridgehead atoms. The molecule has 0 spiro atoms. The Hall–Kier alpha value is -1.07. The van der Waals surface area contributed by atoms with Gasteiger partial charge in [-0.25, -0.2) is 0 Å². The molecule has 17 heavy (non-hydrogen) atoms. The quantitative estimate of drug-likeness (QED) is 0.837. The number of anilines is 1. The van der Waals surface area contributed by atoms with Crippen molar-refractivity contribution in [3.8, 4) is 0 Å². The smallest absolute Gasteiger partial charge is 0.254 e. The molecule has 4 nitrogen and oxygen atoms in total. The monoisotopic (exact) mass is 300 g/mol. The van der Waals surface area contributed by atoms with Gasteiger partial charge in [-0.1, -0.05) is 15.9 Å². The number of hydrogen-bond acceptors (Lipinski definition) is 3. The number of carbonyl (C=O) groups excluding carboxylic acids is 1. The summed E-state index contributed by atoms with van der Waals surface area (Å²) >= 11 is 3.32. The lowest BCUT2D eigenvalue weighted by Gasteiger charge is -2.24. The molecule has 1 atom stereocenters. The number of nitrogens with two attached hydrogens (primary N) is 1. The summed E-state index contributed by atoms with van der Waals surface area (Å²) in [7, 11) is 1.67. The molecule has 0 saturated carbocycles. The predicted octanol–water partition coefficient (Wildman–Crippen LogP) is 1.79. The van der Waals surface area contributed by atoms with Crippen molar-refractivity contribution < 1.29 is 9.90 Å². The van der Waals surface area contributed by atoms with Crippen LogP contribution in [-0.4, -0.2) is 35.6 Å². The van der Waals surface area contributed by atoms with Crippen LogP contribution in [0.2, 0.25) is 0 Å². The van der Waals surface area contributed by atoms with Gasteiger partial charge in [0.2, 0.25) is 0 Å². The van der Waals surface area contributed by atoms with E-state index in [-0.39, 0.29) is 18.6 Å². The molecule has 0 heterocycles. The van der Waals surface area contributed by atoms with Crippen molar-refractivity contribution in [2.75, 3.05) is 19.4 Å². The third-order valence-electron chi connectivity index (χ3n) is 2.89. The van der Waals surface area contributed by atoms with Crippen LogP contribution in [0.4, 0.5) is 5.69 Å². The SMILES string of the molecule is Cc1c(N)cc(Br)cc1C(=O)N(C)C(C)CO. The van der Waals surface area contributed by atoms with E-state index in [1.165, 1.54) is 4.90 Å². The minimum Gasteiger partial charge on any atom is -0.398 e. The highest BCUT2D eigenvalue weighted by Crippen LogP contribution is 2.24. The van der Waals surface area contributed by atoms with Crippen LogP contribution < -0.4 is 5.73 Å². The predicted molar refractivity (Wildman–Crippen MR) is 71.9 cm³/mol. The van der Waals surface area contributed by atoms with Gasteiger partial charge < -0.3 is 15.7 Å². The number of carbonyl (C=O) groups is 1. The summed E-state index contributed by atoms with van der Waals surface area (Å²) in [6, 6.07) is 3.29. The van der Waals surface area contributed by atoms with Gasteiger partial charge in [-0.15, -0.1) is 0 Å². The van der Waals surface area contributed by atoms with Crippen LogP contribution in [0, 0.1) is 6.92 Å². The highest BCUT2D eigenvalue weighted by Gasteiger charge is 2.19. The Morgan fingerprint density at radius 1 is 1.59 bits per heavy atom. The van der Waals surface area contributed by atoms with Crippen LogP contribution in [0.15, 0.2) is 16.6 Å². The Balaban J connectivity index is 3.12. The molecule has 5 heteroatoms. The second kappa shape index (κ2) is 5.51. The normalized spacial score (nSPS) is 12.3. The highest BCUT2D eigenvalue weighted by atomic mass is 79.9. The summed E-state index contributed by atoms with van der Waals surface area (Å²) in [6.07, 6.45) is 0. The van der Waals surface area contributed by atoms with Gasteiger partial charge in [-0.3, -0.25) is 4.79 Å². The lowest BCUT2D eigenvalue weighted by molar-refractivity contribution is 0.0681. The fraction of sp³-hybridized carbons (Fsp3) is 0.417. The summed E-state index contributed by atoms with van der Waals surface area (Å²) in [5.74, 6) is -0.142.